The first-order valence-electron chi connectivity index (χ1n) is 10.5. The molecule has 0 N–H and O–H groups in total. The molecule has 0 bridgehead atoms. The highest BCUT2D eigenvalue weighted by molar-refractivity contribution is 5.37. The molecular weight excluding hydrogens is 363 g/mol. The number of ether oxygens (including phenoxy) is 1. The van der Waals surface area contributed by atoms with Crippen molar-refractivity contribution >= 4 is 0 Å². The van der Waals surface area contributed by atoms with E-state index in [1.54, 1.807) is 7.11 Å². The van der Waals surface area contributed by atoms with Crippen molar-refractivity contribution in [2.45, 2.75) is 59.5 Å². The van der Waals surface area contributed by atoms with Gasteiger partial charge < -0.3 is 9.64 Å². The van der Waals surface area contributed by atoms with Gasteiger partial charge in [-0.05, 0) is 70.6 Å². The third-order valence-electron chi connectivity index (χ3n) is 5.17. The fraction of sp³-hybridized carbons (Fsp3) is 0.560. The van der Waals surface area contributed by atoms with E-state index in [1.165, 1.54) is 12.1 Å². The molecule has 1 rings (SSSR count). The Morgan fingerprint density at radius 3 is 2.31 bits per heavy atom. The lowest BCUT2D eigenvalue weighted by atomic mass is 9.75. The lowest BCUT2D eigenvalue weighted by Gasteiger charge is -2.40. The molecule has 0 aliphatic carbocycles. The van der Waals surface area contributed by atoms with E-state index in [0.717, 1.165) is 36.9 Å². The van der Waals surface area contributed by atoms with Gasteiger partial charge in [0.2, 0.25) is 0 Å². The van der Waals surface area contributed by atoms with E-state index in [2.05, 4.69) is 32.0 Å². The van der Waals surface area contributed by atoms with Crippen LogP contribution >= 0.6 is 0 Å². The maximum Gasteiger partial charge on any atom is 0.123 e. The molecule has 2 atom stereocenters. The second kappa shape index (κ2) is 14.1. The summed E-state index contributed by atoms with van der Waals surface area (Å²) in [6.07, 6.45) is 6.44. The van der Waals surface area contributed by atoms with Gasteiger partial charge in [-0.1, -0.05) is 51.5 Å². The number of hydrogen-bond acceptors (Lipinski definition) is 3. The molecule has 162 valence electrons. The monoisotopic (exact) mass is 402 g/mol. The number of rotatable bonds is 10. The number of nitriles is 1. The molecule has 0 saturated heterocycles. The van der Waals surface area contributed by atoms with E-state index >= 15 is 0 Å². The maximum atomic E-state index is 13.5. The summed E-state index contributed by atoms with van der Waals surface area (Å²) in [5, 5.41) is 9.36. The first kappa shape index (κ1) is 27.0. The number of allylic oxidation sites excluding steroid dienone is 3. The van der Waals surface area contributed by atoms with E-state index in [-0.39, 0.29) is 11.7 Å². The van der Waals surface area contributed by atoms with Gasteiger partial charge in [-0.3, -0.25) is 0 Å². The highest BCUT2D eigenvalue weighted by Crippen LogP contribution is 2.41. The minimum Gasteiger partial charge on any atom is -0.373 e. The number of methoxy groups -OCH3 is 1. The van der Waals surface area contributed by atoms with Crippen LogP contribution in [-0.4, -0.2) is 32.6 Å². The van der Waals surface area contributed by atoms with Gasteiger partial charge in [-0.15, -0.1) is 0 Å². The molecule has 4 heteroatoms. The van der Waals surface area contributed by atoms with Gasteiger partial charge in [0.25, 0.3) is 0 Å². The summed E-state index contributed by atoms with van der Waals surface area (Å²) in [4.78, 5) is 2.15. The molecule has 0 heterocycles. The zero-order valence-electron chi connectivity index (χ0n) is 19.6. The van der Waals surface area contributed by atoms with Gasteiger partial charge in [0.05, 0.1) is 11.7 Å². The Morgan fingerprint density at radius 1 is 1.28 bits per heavy atom. The van der Waals surface area contributed by atoms with Crippen molar-refractivity contribution < 1.29 is 9.13 Å². The SMILES string of the molecule is CC.CC/C=C(C#N)\C=C(\C)C(C)C(CCCN(C)C)(OC)c1ccc(F)cc1. The molecule has 0 spiro atoms. The summed E-state index contributed by atoms with van der Waals surface area (Å²) in [6, 6.07) is 8.84. The van der Waals surface area contributed by atoms with Crippen LogP contribution in [0.2, 0.25) is 0 Å². The fourth-order valence-corrected chi connectivity index (χ4v) is 3.49. The van der Waals surface area contributed by atoms with E-state index in [4.69, 9.17) is 4.74 Å². The van der Waals surface area contributed by atoms with Crippen LogP contribution in [0.4, 0.5) is 4.39 Å². The Labute approximate surface area is 177 Å². The molecule has 1 aromatic rings. The van der Waals surface area contributed by atoms with Gasteiger partial charge in [0.1, 0.15) is 5.82 Å². The molecule has 0 aliphatic heterocycles. The van der Waals surface area contributed by atoms with Crippen molar-refractivity contribution in [3.05, 3.63) is 58.9 Å². The minimum atomic E-state index is -0.572. The normalized spacial score (nSPS) is 15.2. The summed E-state index contributed by atoms with van der Waals surface area (Å²) in [5.74, 6) is -0.224. The van der Waals surface area contributed by atoms with Crippen LogP contribution in [0.25, 0.3) is 0 Å². The third-order valence-corrected chi connectivity index (χ3v) is 5.17. The Hall–Kier alpha value is -1.96. The van der Waals surface area contributed by atoms with Crippen molar-refractivity contribution in [2.75, 3.05) is 27.7 Å². The molecule has 0 aliphatic rings. The Balaban J connectivity index is 0.00000379. The Bertz CT molecular complexity index is 686. The third kappa shape index (κ3) is 8.12. The van der Waals surface area contributed by atoms with Gasteiger partial charge in [-0.2, -0.15) is 5.26 Å². The van der Waals surface area contributed by atoms with Crippen LogP contribution in [0.5, 0.6) is 0 Å². The first-order chi connectivity index (χ1) is 13.8. The van der Waals surface area contributed by atoms with Crippen LogP contribution < -0.4 is 0 Å². The minimum absolute atomic E-state index is 0.0312. The Kier molecular flexibility index (Phi) is 13.1. The second-order valence-corrected chi connectivity index (χ2v) is 7.30. The first-order valence-corrected chi connectivity index (χ1v) is 10.5. The summed E-state index contributed by atoms with van der Waals surface area (Å²) >= 11 is 0. The highest BCUT2D eigenvalue weighted by Gasteiger charge is 2.38. The molecule has 3 nitrogen and oxygen atoms in total. The smallest absolute Gasteiger partial charge is 0.123 e. The van der Waals surface area contributed by atoms with Crippen molar-refractivity contribution in [1.82, 2.24) is 4.90 Å². The maximum absolute atomic E-state index is 13.5. The zero-order valence-corrected chi connectivity index (χ0v) is 19.6. The van der Waals surface area contributed by atoms with E-state index in [1.807, 2.05) is 52.0 Å². The number of halogens is 1. The summed E-state index contributed by atoms with van der Waals surface area (Å²) in [5.41, 5.74) is 2.13. The lowest BCUT2D eigenvalue weighted by molar-refractivity contribution is -0.0572. The van der Waals surface area contributed by atoms with Crippen LogP contribution in [0, 0.1) is 23.1 Å². The van der Waals surface area contributed by atoms with Crippen LogP contribution in [-0.2, 0) is 10.3 Å². The van der Waals surface area contributed by atoms with Gasteiger partial charge >= 0.3 is 0 Å². The molecule has 29 heavy (non-hydrogen) atoms. The quantitative estimate of drug-likeness (QED) is 0.332. The van der Waals surface area contributed by atoms with Crippen molar-refractivity contribution in [3.63, 3.8) is 0 Å². The van der Waals surface area contributed by atoms with Crippen LogP contribution in [0.3, 0.4) is 0 Å². The molecule has 0 amide bonds. The number of nitrogens with zero attached hydrogens (tertiary/aromatic N) is 2. The molecule has 2 unspecified atom stereocenters. The van der Waals surface area contributed by atoms with Gasteiger partial charge in [0.15, 0.2) is 0 Å². The van der Waals surface area contributed by atoms with Gasteiger partial charge in [0, 0.05) is 18.6 Å². The Morgan fingerprint density at radius 2 is 1.86 bits per heavy atom. The largest absolute Gasteiger partial charge is 0.373 e. The van der Waals surface area contributed by atoms with E-state index < -0.39 is 5.60 Å². The topological polar surface area (TPSA) is 36.3 Å². The molecule has 0 radical (unpaired) electrons. The number of hydrogen-bond donors (Lipinski definition) is 0. The molecule has 0 saturated carbocycles. The fourth-order valence-electron chi connectivity index (χ4n) is 3.49. The molecule has 0 aromatic heterocycles. The standard InChI is InChI=1S/C23H33FN2O.C2H6/c1-7-9-20(17-25)16-18(2)19(3)23(27-6,14-8-15-26(4)5)21-10-12-22(24)13-11-21;1-2/h9-13,16,19H,7-8,14-15H2,1-6H3;1-2H3/b18-16-,20-9+;. The molecular formula is C25H39FN2O. The van der Waals surface area contributed by atoms with E-state index in [0.29, 0.717) is 5.57 Å². The van der Waals surface area contributed by atoms with Crippen LogP contribution in [0.15, 0.2) is 47.6 Å². The molecule has 1 aromatic carbocycles. The molecule has 0 fully saturated rings. The summed E-state index contributed by atoms with van der Waals surface area (Å²) in [7, 11) is 5.82. The highest BCUT2D eigenvalue weighted by atomic mass is 19.1. The zero-order chi connectivity index (χ0) is 22.4. The summed E-state index contributed by atoms with van der Waals surface area (Å²) in [6.45, 7) is 11.1. The van der Waals surface area contributed by atoms with Crippen LogP contribution in [0.1, 0.15) is 59.4 Å². The predicted molar refractivity (Wildman–Crippen MR) is 121 cm³/mol. The number of benzene rings is 1. The average molecular weight is 403 g/mol. The van der Waals surface area contributed by atoms with Crippen molar-refractivity contribution in [3.8, 4) is 6.07 Å². The van der Waals surface area contributed by atoms with E-state index in [9.17, 15) is 9.65 Å². The van der Waals surface area contributed by atoms with Crippen molar-refractivity contribution in [1.29, 1.82) is 5.26 Å². The summed E-state index contributed by atoms with van der Waals surface area (Å²) < 4.78 is 19.6. The second-order valence-electron chi connectivity index (χ2n) is 7.30. The lowest BCUT2D eigenvalue weighted by Crippen LogP contribution is -2.37. The van der Waals surface area contributed by atoms with Crippen molar-refractivity contribution in [2.24, 2.45) is 5.92 Å². The van der Waals surface area contributed by atoms with Gasteiger partial charge in [-0.25, -0.2) is 4.39 Å². The predicted octanol–water partition coefficient (Wildman–Crippen LogP) is 6.48. The average Bonchev–Trinajstić information content (AvgIpc) is 2.72.